The Morgan fingerprint density at radius 1 is 1.03 bits per heavy atom. The number of benzene rings is 2. The number of nitrogens with one attached hydrogen (secondary N) is 1. The molecule has 0 aliphatic heterocycles. The summed E-state index contributed by atoms with van der Waals surface area (Å²) in [7, 11) is 1.87. The summed E-state index contributed by atoms with van der Waals surface area (Å²) in [6.45, 7) is -0.337. The van der Waals surface area contributed by atoms with E-state index in [4.69, 9.17) is 4.74 Å². The quantitative estimate of drug-likeness (QED) is 0.488. The number of aromatic nitrogens is 1. The summed E-state index contributed by atoms with van der Waals surface area (Å²) in [5.74, 6) is -0.856. The maximum atomic E-state index is 12.5. The maximum absolute atomic E-state index is 12.5. The number of hydrogen-bond donors (Lipinski definition) is 1. The van der Waals surface area contributed by atoms with E-state index in [-0.39, 0.29) is 18.6 Å². The van der Waals surface area contributed by atoms with Crippen molar-refractivity contribution >= 4 is 34.1 Å². The summed E-state index contributed by atoms with van der Waals surface area (Å²) in [5.41, 5.74) is 2.36. The van der Waals surface area contributed by atoms with Crippen molar-refractivity contribution in [3.05, 3.63) is 94.3 Å². The van der Waals surface area contributed by atoms with Crippen LogP contribution in [0, 0.1) is 0 Å². The van der Waals surface area contributed by atoms with Crippen molar-refractivity contribution in [2.45, 2.75) is 6.04 Å². The van der Waals surface area contributed by atoms with E-state index in [1.165, 1.54) is 0 Å². The number of esters is 1. The standard InChI is InChI=1S/C23H20N2O3S/c1-25-14-18(17-10-5-6-11-19(17)25)23(27)28-15-21(26)24-22(20-12-7-13-29-20)16-8-3-2-4-9-16/h2-14,22H,15H2,1H3,(H,24,26). The van der Waals surface area contributed by atoms with Gasteiger partial charge >= 0.3 is 5.97 Å². The van der Waals surface area contributed by atoms with Gasteiger partial charge in [0.05, 0.1) is 11.6 Å². The fraction of sp³-hybridized carbons (Fsp3) is 0.130. The molecule has 0 aliphatic carbocycles. The van der Waals surface area contributed by atoms with Crippen LogP contribution in [-0.4, -0.2) is 23.1 Å². The first kappa shape index (κ1) is 19.0. The van der Waals surface area contributed by atoms with E-state index in [1.54, 1.807) is 17.5 Å². The predicted molar refractivity (Wildman–Crippen MR) is 114 cm³/mol. The highest BCUT2D eigenvalue weighted by atomic mass is 32.1. The first-order chi connectivity index (χ1) is 14.1. The number of thiophene rings is 1. The lowest BCUT2D eigenvalue weighted by molar-refractivity contribution is -0.124. The van der Waals surface area contributed by atoms with E-state index in [1.807, 2.05) is 83.7 Å². The van der Waals surface area contributed by atoms with Crippen LogP contribution in [-0.2, 0) is 16.6 Å². The lowest BCUT2D eigenvalue weighted by atomic mass is 10.1. The lowest BCUT2D eigenvalue weighted by Crippen LogP contribution is -2.32. The van der Waals surface area contributed by atoms with Gasteiger partial charge in [0.1, 0.15) is 0 Å². The average molecular weight is 404 g/mol. The molecule has 0 bridgehead atoms. The topological polar surface area (TPSA) is 60.3 Å². The minimum atomic E-state index is -0.510. The van der Waals surface area contributed by atoms with Crippen LogP contribution in [0.3, 0.4) is 0 Å². The molecule has 4 rings (SSSR count). The molecule has 0 radical (unpaired) electrons. The van der Waals surface area contributed by atoms with E-state index < -0.39 is 5.97 Å². The molecule has 0 spiro atoms. The van der Waals surface area contributed by atoms with E-state index in [0.717, 1.165) is 21.3 Å². The van der Waals surface area contributed by atoms with Gasteiger partial charge in [0, 0.05) is 29.0 Å². The van der Waals surface area contributed by atoms with Crippen LogP contribution < -0.4 is 5.32 Å². The van der Waals surface area contributed by atoms with Crippen molar-refractivity contribution in [3.8, 4) is 0 Å². The zero-order valence-corrected chi connectivity index (χ0v) is 16.7. The molecule has 0 aliphatic rings. The highest BCUT2D eigenvalue weighted by Crippen LogP contribution is 2.26. The van der Waals surface area contributed by atoms with Gasteiger partial charge in [0.15, 0.2) is 6.61 Å². The van der Waals surface area contributed by atoms with Crippen LogP contribution in [0.4, 0.5) is 0 Å². The number of hydrogen-bond acceptors (Lipinski definition) is 4. The SMILES string of the molecule is Cn1cc(C(=O)OCC(=O)NC(c2ccccc2)c2cccs2)c2ccccc21. The molecule has 6 heteroatoms. The molecule has 29 heavy (non-hydrogen) atoms. The van der Waals surface area contributed by atoms with Gasteiger partial charge in [-0.25, -0.2) is 4.79 Å². The van der Waals surface area contributed by atoms with Crippen LogP contribution in [0.25, 0.3) is 10.9 Å². The second-order valence-electron chi connectivity index (χ2n) is 6.67. The van der Waals surface area contributed by atoms with E-state index in [9.17, 15) is 9.59 Å². The highest BCUT2D eigenvalue weighted by Gasteiger charge is 2.20. The van der Waals surface area contributed by atoms with Gasteiger partial charge in [0.2, 0.25) is 0 Å². The van der Waals surface area contributed by atoms with Gasteiger partial charge in [-0.1, -0.05) is 54.6 Å². The number of ether oxygens (including phenoxy) is 1. The zero-order chi connectivity index (χ0) is 20.2. The van der Waals surface area contributed by atoms with E-state index in [0.29, 0.717) is 5.56 Å². The first-order valence-corrected chi connectivity index (χ1v) is 10.1. The van der Waals surface area contributed by atoms with Crippen molar-refractivity contribution in [2.24, 2.45) is 7.05 Å². The largest absolute Gasteiger partial charge is 0.452 e. The summed E-state index contributed by atoms with van der Waals surface area (Å²) in [6.07, 6.45) is 1.73. The summed E-state index contributed by atoms with van der Waals surface area (Å²) >= 11 is 1.57. The molecule has 2 aromatic carbocycles. The fourth-order valence-electron chi connectivity index (χ4n) is 3.34. The minimum absolute atomic E-state index is 0.278. The molecule has 2 aromatic heterocycles. The monoisotopic (exact) mass is 404 g/mol. The Bertz CT molecular complexity index is 1130. The summed E-state index contributed by atoms with van der Waals surface area (Å²) < 4.78 is 7.17. The number of carbonyl (C=O) groups excluding carboxylic acids is 2. The number of amides is 1. The van der Waals surface area contributed by atoms with Gasteiger partial charge in [-0.15, -0.1) is 11.3 Å². The Balaban J connectivity index is 1.45. The molecule has 0 fully saturated rings. The fourth-order valence-corrected chi connectivity index (χ4v) is 4.14. The first-order valence-electron chi connectivity index (χ1n) is 9.22. The number of para-hydroxylation sites is 1. The Morgan fingerprint density at radius 2 is 1.79 bits per heavy atom. The van der Waals surface area contributed by atoms with Crippen LogP contribution in [0.5, 0.6) is 0 Å². The molecule has 1 unspecified atom stereocenters. The molecule has 1 amide bonds. The van der Waals surface area contributed by atoms with Crippen LogP contribution in [0.15, 0.2) is 78.3 Å². The van der Waals surface area contributed by atoms with E-state index in [2.05, 4.69) is 5.32 Å². The second-order valence-corrected chi connectivity index (χ2v) is 7.65. The summed E-state index contributed by atoms with van der Waals surface area (Å²) in [6, 6.07) is 21.0. The molecular formula is C23H20N2O3S. The van der Waals surface area contributed by atoms with Crippen LogP contribution in [0.1, 0.15) is 26.8 Å². The van der Waals surface area contributed by atoms with Gasteiger partial charge < -0.3 is 14.6 Å². The Kier molecular flexibility index (Phi) is 5.44. The third kappa shape index (κ3) is 4.07. The van der Waals surface area contributed by atoms with Crippen molar-refractivity contribution in [3.63, 3.8) is 0 Å². The van der Waals surface area contributed by atoms with Crippen LogP contribution >= 0.6 is 11.3 Å². The van der Waals surface area contributed by atoms with E-state index >= 15 is 0 Å². The maximum Gasteiger partial charge on any atom is 0.340 e. The summed E-state index contributed by atoms with van der Waals surface area (Å²) in [4.78, 5) is 26.1. The Hall–Kier alpha value is -3.38. The molecule has 1 N–H and O–H groups in total. The zero-order valence-electron chi connectivity index (χ0n) is 15.9. The van der Waals surface area contributed by atoms with Gasteiger partial charge in [-0.3, -0.25) is 4.79 Å². The summed E-state index contributed by atoms with van der Waals surface area (Å²) in [5, 5.41) is 5.75. The molecule has 0 saturated heterocycles. The third-order valence-electron chi connectivity index (χ3n) is 4.72. The normalized spacial score (nSPS) is 11.9. The minimum Gasteiger partial charge on any atom is -0.452 e. The van der Waals surface area contributed by atoms with Crippen molar-refractivity contribution in [1.82, 2.24) is 9.88 Å². The number of rotatable bonds is 6. The Morgan fingerprint density at radius 3 is 2.55 bits per heavy atom. The molecule has 0 saturated carbocycles. The number of carbonyl (C=O) groups is 2. The molecule has 5 nitrogen and oxygen atoms in total. The molecule has 1 atom stereocenters. The average Bonchev–Trinajstić information content (AvgIpc) is 3.40. The van der Waals surface area contributed by atoms with Crippen LogP contribution in [0.2, 0.25) is 0 Å². The molecule has 4 aromatic rings. The third-order valence-corrected chi connectivity index (χ3v) is 5.65. The number of aryl methyl sites for hydroxylation is 1. The Labute approximate surface area is 172 Å². The van der Waals surface area contributed by atoms with Gasteiger partial charge in [-0.2, -0.15) is 0 Å². The molecule has 2 heterocycles. The molecular weight excluding hydrogens is 384 g/mol. The number of fused-ring (bicyclic) bond motifs is 1. The van der Waals surface area contributed by atoms with Crippen molar-refractivity contribution in [2.75, 3.05) is 6.61 Å². The second kappa shape index (κ2) is 8.32. The number of nitrogens with zero attached hydrogens (tertiary/aromatic N) is 1. The molecule has 146 valence electrons. The van der Waals surface area contributed by atoms with Gasteiger partial charge in [-0.05, 0) is 23.1 Å². The van der Waals surface area contributed by atoms with Crippen molar-refractivity contribution in [1.29, 1.82) is 0 Å². The van der Waals surface area contributed by atoms with Crippen molar-refractivity contribution < 1.29 is 14.3 Å². The lowest BCUT2D eigenvalue weighted by Gasteiger charge is -2.18. The van der Waals surface area contributed by atoms with Gasteiger partial charge in [0.25, 0.3) is 5.91 Å². The predicted octanol–water partition coefficient (Wildman–Crippen LogP) is 4.30. The smallest absolute Gasteiger partial charge is 0.340 e. The highest BCUT2D eigenvalue weighted by molar-refractivity contribution is 7.10.